The summed E-state index contributed by atoms with van der Waals surface area (Å²) in [6.07, 6.45) is 0.841. The molecule has 1 saturated carbocycles. The summed E-state index contributed by atoms with van der Waals surface area (Å²) < 4.78 is 5.08. The predicted octanol–water partition coefficient (Wildman–Crippen LogP) is 3.91. The zero-order valence-electron chi connectivity index (χ0n) is 13.9. The van der Waals surface area contributed by atoms with Crippen LogP contribution >= 0.6 is 0 Å². The highest BCUT2D eigenvalue weighted by Crippen LogP contribution is 2.48. The van der Waals surface area contributed by atoms with Gasteiger partial charge in [0.05, 0.1) is 12.5 Å². The maximum absolute atomic E-state index is 12.2. The van der Waals surface area contributed by atoms with E-state index in [1.807, 2.05) is 50.2 Å². The number of aryl methyl sites for hydroxylation is 1. The second-order valence-corrected chi connectivity index (χ2v) is 6.10. The highest BCUT2D eigenvalue weighted by molar-refractivity contribution is 6.04. The van der Waals surface area contributed by atoms with Crippen molar-refractivity contribution >= 4 is 17.6 Å². The van der Waals surface area contributed by atoms with E-state index in [0.717, 1.165) is 23.2 Å². The molecule has 1 aliphatic carbocycles. The van der Waals surface area contributed by atoms with E-state index in [4.69, 9.17) is 4.74 Å². The normalized spacial score (nSPS) is 18.8. The Morgan fingerprint density at radius 2 is 1.92 bits per heavy atom. The van der Waals surface area contributed by atoms with Crippen LogP contribution in [-0.2, 0) is 9.53 Å². The maximum Gasteiger partial charge on any atom is 0.309 e. The molecule has 0 heterocycles. The number of carbonyl (C=O) groups is 2. The minimum Gasteiger partial charge on any atom is -0.466 e. The van der Waals surface area contributed by atoms with E-state index in [9.17, 15) is 9.59 Å². The molecule has 1 aliphatic rings. The van der Waals surface area contributed by atoms with Gasteiger partial charge in [-0.05, 0) is 55.5 Å². The molecule has 124 valence electrons. The lowest BCUT2D eigenvalue weighted by Gasteiger charge is -2.10. The number of esters is 1. The molecule has 2 atom stereocenters. The number of benzene rings is 2. The number of carbonyl (C=O) groups excluding carboxylic acids is 2. The largest absolute Gasteiger partial charge is 0.466 e. The lowest BCUT2D eigenvalue weighted by atomic mass is 10.0. The van der Waals surface area contributed by atoms with Crippen LogP contribution in [0.15, 0.2) is 48.5 Å². The zero-order valence-corrected chi connectivity index (χ0v) is 13.9. The SMILES string of the molecule is CCOC(=O)C1CC1c1ccc(NC(=O)c2ccccc2)c(C)c1. The van der Waals surface area contributed by atoms with E-state index in [0.29, 0.717) is 12.2 Å². The minimum atomic E-state index is -0.123. The van der Waals surface area contributed by atoms with Crippen LogP contribution < -0.4 is 5.32 Å². The molecule has 2 aromatic carbocycles. The Bertz CT molecular complexity index is 755. The van der Waals surface area contributed by atoms with Gasteiger partial charge in [0.1, 0.15) is 0 Å². The quantitative estimate of drug-likeness (QED) is 0.849. The maximum atomic E-state index is 12.2. The van der Waals surface area contributed by atoms with E-state index in [-0.39, 0.29) is 23.7 Å². The first-order valence-electron chi connectivity index (χ1n) is 8.23. The molecule has 1 fully saturated rings. The fraction of sp³-hybridized carbons (Fsp3) is 0.300. The molecular weight excluding hydrogens is 302 g/mol. The Balaban J connectivity index is 1.68. The number of ether oxygens (including phenoxy) is 1. The van der Waals surface area contributed by atoms with Gasteiger partial charge in [-0.15, -0.1) is 0 Å². The van der Waals surface area contributed by atoms with Crippen LogP contribution in [0.3, 0.4) is 0 Å². The molecule has 2 unspecified atom stereocenters. The smallest absolute Gasteiger partial charge is 0.309 e. The van der Waals surface area contributed by atoms with Gasteiger partial charge < -0.3 is 10.1 Å². The number of hydrogen-bond donors (Lipinski definition) is 1. The summed E-state index contributed by atoms with van der Waals surface area (Å²) >= 11 is 0. The third kappa shape index (κ3) is 3.48. The van der Waals surface area contributed by atoms with Crippen LogP contribution in [-0.4, -0.2) is 18.5 Å². The third-order valence-corrected chi connectivity index (χ3v) is 4.34. The van der Waals surface area contributed by atoms with Crippen LogP contribution in [0.1, 0.15) is 40.7 Å². The summed E-state index contributed by atoms with van der Waals surface area (Å²) in [4.78, 5) is 24.0. The lowest BCUT2D eigenvalue weighted by molar-refractivity contribution is -0.144. The second-order valence-electron chi connectivity index (χ2n) is 6.10. The van der Waals surface area contributed by atoms with E-state index in [2.05, 4.69) is 5.32 Å². The van der Waals surface area contributed by atoms with Crippen molar-refractivity contribution in [3.8, 4) is 0 Å². The summed E-state index contributed by atoms with van der Waals surface area (Å²) in [5.74, 6) is -0.0142. The summed E-state index contributed by atoms with van der Waals surface area (Å²) in [6, 6.07) is 15.1. The molecule has 0 bridgehead atoms. The Hall–Kier alpha value is -2.62. The molecule has 0 spiro atoms. The first-order valence-corrected chi connectivity index (χ1v) is 8.23. The Morgan fingerprint density at radius 1 is 1.17 bits per heavy atom. The average molecular weight is 323 g/mol. The van der Waals surface area contributed by atoms with Crippen LogP contribution in [0, 0.1) is 12.8 Å². The summed E-state index contributed by atoms with van der Waals surface area (Å²) in [7, 11) is 0. The fourth-order valence-corrected chi connectivity index (χ4v) is 2.91. The lowest BCUT2D eigenvalue weighted by Crippen LogP contribution is -2.12. The summed E-state index contributed by atoms with van der Waals surface area (Å²) in [6.45, 7) is 4.21. The van der Waals surface area contributed by atoms with Crippen molar-refractivity contribution < 1.29 is 14.3 Å². The van der Waals surface area contributed by atoms with E-state index >= 15 is 0 Å². The van der Waals surface area contributed by atoms with Crippen molar-refractivity contribution in [3.05, 3.63) is 65.2 Å². The molecule has 0 radical (unpaired) electrons. The monoisotopic (exact) mass is 323 g/mol. The van der Waals surface area contributed by atoms with Gasteiger partial charge >= 0.3 is 5.97 Å². The van der Waals surface area contributed by atoms with Crippen molar-refractivity contribution in [3.63, 3.8) is 0 Å². The van der Waals surface area contributed by atoms with E-state index < -0.39 is 0 Å². The van der Waals surface area contributed by atoms with Crippen molar-refractivity contribution in [1.29, 1.82) is 0 Å². The average Bonchev–Trinajstić information content (AvgIpc) is 3.38. The van der Waals surface area contributed by atoms with Crippen molar-refractivity contribution in [2.24, 2.45) is 5.92 Å². The number of anilines is 1. The molecule has 0 aliphatic heterocycles. The molecule has 4 heteroatoms. The summed E-state index contributed by atoms with van der Waals surface area (Å²) in [5, 5.41) is 2.94. The predicted molar refractivity (Wildman–Crippen MR) is 93.1 cm³/mol. The molecule has 0 aromatic heterocycles. The number of amides is 1. The van der Waals surface area contributed by atoms with Crippen LogP contribution in [0.2, 0.25) is 0 Å². The third-order valence-electron chi connectivity index (χ3n) is 4.34. The molecule has 0 saturated heterocycles. The van der Waals surface area contributed by atoms with Gasteiger partial charge in [0.25, 0.3) is 5.91 Å². The van der Waals surface area contributed by atoms with E-state index in [1.54, 1.807) is 12.1 Å². The topological polar surface area (TPSA) is 55.4 Å². The van der Waals surface area contributed by atoms with Crippen molar-refractivity contribution in [2.45, 2.75) is 26.2 Å². The Morgan fingerprint density at radius 3 is 2.58 bits per heavy atom. The Kier molecular flexibility index (Phi) is 4.65. The number of nitrogens with one attached hydrogen (secondary N) is 1. The molecule has 1 amide bonds. The minimum absolute atomic E-state index is 0.0193. The molecule has 3 rings (SSSR count). The first-order chi connectivity index (χ1) is 11.6. The van der Waals surface area contributed by atoms with Crippen LogP contribution in [0.4, 0.5) is 5.69 Å². The van der Waals surface area contributed by atoms with Gasteiger partial charge in [0.2, 0.25) is 0 Å². The molecule has 4 nitrogen and oxygen atoms in total. The fourth-order valence-electron chi connectivity index (χ4n) is 2.91. The van der Waals surface area contributed by atoms with Gasteiger partial charge in [-0.1, -0.05) is 30.3 Å². The molecular formula is C20H21NO3. The molecule has 24 heavy (non-hydrogen) atoms. The Labute approximate surface area is 141 Å². The van der Waals surface area contributed by atoms with Gasteiger partial charge in [0.15, 0.2) is 0 Å². The number of rotatable bonds is 5. The number of hydrogen-bond acceptors (Lipinski definition) is 3. The molecule has 1 N–H and O–H groups in total. The van der Waals surface area contributed by atoms with Gasteiger partial charge in [-0.3, -0.25) is 9.59 Å². The van der Waals surface area contributed by atoms with Gasteiger partial charge in [-0.25, -0.2) is 0 Å². The second kappa shape index (κ2) is 6.87. The highest BCUT2D eigenvalue weighted by atomic mass is 16.5. The summed E-state index contributed by atoms with van der Waals surface area (Å²) in [5.41, 5.74) is 3.54. The zero-order chi connectivity index (χ0) is 17.1. The van der Waals surface area contributed by atoms with Gasteiger partial charge in [-0.2, -0.15) is 0 Å². The molecule has 2 aromatic rings. The van der Waals surface area contributed by atoms with Gasteiger partial charge in [0, 0.05) is 11.3 Å². The van der Waals surface area contributed by atoms with Crippen LogP contribution in [0.5, 0.6) is 0 Å². The first kappa shape index (κ1) is 16.2. The highest BCUT2D eigenvalue weighted by Gasteiger charge is 2.45. The van der Waals surface area contributed by atoms with Crippen molar-refractivity contribution in [2.75, 3.05) is 11.9 Å². The standard InChI is InChI=1S/C20H21NO3/c1-3-24-20(23)17-12-16(17)15-9-10-18(13(2)11-15)21-19(22)14-7-5-4-6-8-14/h4-11,16-17H,3,12H2,1-2H3,(H,21,22). The van der Waals surface area contributed by atoms with E-state index in [1.165, 1.54) is 0 Å². The van der Waals surface area contributed by atoms with Crippen LogP contribution in [0.25, 0.3) is 0 Å². The van der Waals surface area contributed by atoms with Crippen molar-refractivity contribution in [1.82, 2.24) is 0 Å².